The summed E-state index contributed by atoms with van der Waals surface area (Å²) in [6, 6.07) is 9.46. The maximum absolute atomic E-state index is 6.09. The maximum Gasteiger partial charge on any atom is 0.186 e. The summed E-state index contributed by atoms with van der Waals surface area (Å²) in [5.41, 5.74) is 7.55. The fraction of sp³-hybridized carbons (Fsp3) is 0.133. The van der Waals surface area contributed by atoms with Gasteiger partial charge < -0.3 is 10.3 Å². The molecule has 0 saturated heterocycles. The number of thiophene rings is 1. The van der Waals surface area contributed by atoms with Crippen LogP contribution in [0.4, 0.5) is 5.82 Å². The minimum absolute atomic E-state index is 0.342. The van der Waals surface area contributed by atoms with Crippen LogP contribution in [-0.2, 0) is 6.42 Å². The van der Waals surface area contributed by atoms with Crippen LogP contribution in [0, 0.1) is 0 Å². The van der Waals surface area contributed by atoms with Crippen LogP contribution in [-0.4, -0.2) is 5.16 Å². The highest BCUT2D eigenvalue weighted by Crippen LogP contribution is 2.41. The average Bonchev–Trinajstić information content (AvgIpc) is 3.08. The summed E-state index contributed by atoms with van der Waals surface area (Å²) in [5.74, 6) is 1.01. The molecule has 3 rings (SSSR count). The number of anilines is 1. The summed E-state index contributed by atoms with van der Waals surface area (Å²) in [6.07, 6.45) is 0.983. The van der Waals surface area contributed by atoms with Crippen molar-refractivity contribution in [2.75, 3.05) is 5.73 Å². The second-order valence-electron chi connectivity index (χ2n) is 4.52. The van der Waals surface area contributed by atoms with E-state index in [0.29, 0.717) is 21.6 Å². The normalized spacial score (nSPS) is 11.0. The zero-order valence-electron chi connectivity index (χ0n) is 11.2. The number of aryl methyl sites for hydroxylation is 1. The van der Waals surface area contributed by atoms with Crippen LogP contribution in [0.2, 0.25) is 10.0 Å². The lowest BCUT2D eigenvalue weighted by Gasteiger charge is -2.03. The van der Waals surface area contributed by atoms with Gasteiger partial charge in [-0.25, -0.2) is 0 Å². The molecule has 2 heterocycles. The Bertz CT molecular complexity index is 795. The van der Waals surface area contributed by atoms with E-state index < -0.39 is 0 Å². The summed E-state index contributed by atoms with van der Waals surface area (Å²) >= 11 is 13.7. The van der Waals surface area contributed by atoms with Crippen LogP contribution < -0.4 is 5.73 Å². The molecule has 2 N–H and O–H groups in total. The first-order valence-corrected chi connectivity index (χ1v) is 7.97. The largest absolute Gasteiger partial charge is 0.380 e. The van der Waals surface area contributed by atoms with Crippen molar-refractivity contribution in [3.63, 3.8) is 0 Å². The van der Waals surface area contributed by atoms with Gasteiger partial charge in [-0.2, -0.15) is 0 Å². The predicted octanol–water partition coefficient (Wildman–Crippen LogP) is 5.52. The molecular formula is C15H12Cl2N2OS. The van der Waals surface area contributed by atoms with Gasteiger partial charge in [-0.1, -0.05) is 41.3 Å². The van der Waals surface area contributed by atoms with E-state index in [9.17, 15) is 0 Å². The van der Waals surface area contributed by atoms with Crippen LogP contribution in [0.15, 0.2) is 34.9 Å². The quantitative estimate of drug-likeness (QED) is 0.683. The third-order valence-corrected chi connectivity index (χ3v) is 5.13. The summed E-state index contributed by atoms with van der Waals surface area (Å²) in [4.78, 5) is 2.28. The first-order chi connectivity index (χ1) is 10.1. The first-order valence-electron chi connectivity index (χ1n) is 6.39. The van der Waals surface area contributed by atoms with Crippen molar-refractivity contribution in [2.24, 2.45) is 0 Å². The van der Waals surface area contributed by atoms with Gasteiger partial charge in [0.15, 0.2) is 11.6 Å². The van der Waals surface area contributed by atoms with Gasteiger partial charge in [0, 0.05) is 4.88 Å². The van der Waals surface area contributed by atoms with Crippen LogP contribution in [0.5, 0.6) is 0 Å². The van der Waals surface area contributed by atoms with E-state index in [1.807, 2.05) is 12.1 Å². The number of aromatic nitrogens is 1. The molecule has 3 aromatic rings. The van der Waals surface area contributed by atoms with Gasteiger partial charge in [-0.3, -0.25) is 0 Å². The molecule has 0 aliphatic carbocycles. The molecule has 0 spiro atoms. The highest BCUT2D eigenvalue weighted by Gasteiger charge is 2.19. The van der Waals surface area contributed by atoms with Gasteiger partial charge in [0.05, 0.1) is 20.5 Å². The molecule has 3 nitrogen and oxygen atoms in total. The molecule has 0 radical (unpaired) electrons. The van der Waals surface area contributed by atoms with Gasteiger partial charge in [-0.05, 0) is 36.2 Å². The van der Waals surface area contributed by atoms with Crippen molar-refractivity contribution in [2.45, 2.75) is 13.3 Å². The van der Waals surface area contributed by atoms with Gasteiger partial charge in [0.2, 0.25) is 0 Å². The lowest BCUT2D eigenvalue weighted by molar-refractivity contribution is 0.437. The van der Waals surface area contributed by atoms with Gasteiger partial charge in [0.1, 0.15) is 0 Å². The topological polar surface area (TPSA) is 52.0 Å². The van der Waals surface area contributed by atoms with Crippen molar-refractivity contribution in [1.29, 1.82) is 0 Å². The molecule has 0 bridgehead atoms. The SMILES string of the molecule is CCc1ccc(-c2onc(N)c2-c2ccc(Cl)c(Cl)c2)s1. The van der Waals surface area contributed by atoms with E-state index in [1.54, 1.807) is 23.5 Å². The van der Waals surface area contributed by atoms with Crippen LogP contribution in [0.25, 0.3) is 21.8 Å². The number of hydrogen-bond donors (Lipinski definition) is 1. The summed E-state index contributed by atoms with van der Waals surface area (Å²) in [7, 11) is 0. The number of nitrogen functional groups attached to an aromatic ring is 1. The lowest BCUT2D eigenvalue weighted by Crippen LogP contribution is -1.88. The number of halogens is 2. The Kier molecular flexibility index (Phi) is 3.93. The highest BCUT2D eigenvalue weighted by molar-refractivity contribution is 7.15. The number of nitrogens with zero attached hydrogens (tertiary/aromatic N) is 1. The van der Waals surface area contributed by atoms with Gasteiger partial charge in [0.25, 0.3) is 0 Å². The van der Waals surface area contributed by atoms with Crippen LogP contribution >= 0.6 is 34.5 Å². The van der Waals surface area contributed by atoms with Crippen molar-refractivity contribution in [1.82, 2.24) is 5.16 Å². The molecule has 108 valence electrons. The van der Waals surface area contributed by atoms with Crippen LogP contribution in [0.1, 0.15) is 11.8 Å². The van der Waals surface area contributed by atoms with Gasteiger partial charge >= 0.3 is 0 Å². The Morgan fingerprint density at radius 1 is 1.19 bits per heavy atom. The number of hydrogen-bond acceptors (Lipinski definition) is 4. The standard InChI is InChI=1S/C15H12Cl2N2OS/c1-2-9-4-6-12(21-9)14-13(15(18)19-20-14)8-3-5-10(16)11(17)7-8/h3-7H,2H2,1H3,(H2,18,19). The fourth-order valence-electron chi connectivity index (χ4n) is 2.09. The third-order valence-electron chi connectivity index (χ3n) is 3.16. The van der Waals surface area contributed by atoms with Crippen molar-refractivity contribution in [3.05, 3.63) is 45.3 Å². The van der Waals surface area contributed by atoms with Crippen LogP contribution in [0.3, 0.4) is 0 Å². The Labute approximate surface area is 136 Å². The Hall–Kier alpha value is -1.49. The average molecular weight is 339 g/mol. The third kappa shape index (κ3) is 2.67. The van der Waals surface area contributed by atoms with Gasteiger partial charge in [-0.15, -0.1) is 11.3 Å². The Morgan fingerprint density at radius 2 is 2.00 bits per heavy atom. The Morgan fingerprint density at radius 3 is 2.67 bits per heavy atom. The number of nitrogens with two attached hydrogens (primary N) is 1. The maximum atomic E-state index is 6.09. The van der Waals surface area contributed by atoms with E-state index >= 15 is 0 Å². The predicted molar refractivity (Wildman–Crippen MR) is 89.1 cm³/mol. The monoisotopic (exact) mass is 338 g/mol. The summed E-state index contributed by atoms with van der Waals surface area (Å²) < 4.78 is 5.42. The number of benzene rings is 1. The highest BCUT2D eigenvalue weighted by atomic mass is 35.5. The molecule has 2 aromatic heterocycles. The molecular weight excluding hydrogens is 327 g/mol. The molecule has 0 saturated carbocycles. The Balaban J connectivity index is 2.14. The van der Waals surface area contributed by atoms with Crippen molar-refractivity contribution < 1.29 is 4.52 Å². The zero-order valence-corrected chi connectivity index (χ0v) is 13.5. The lowest BCUT2D eigenvalue weighted by atomic mass is 10.1. The minimum atomic E-state index is 0.342. The van der Waals surface area contributed by atoms with E-state index in [-0.39, 0.29) is 0 Å². The molecule has 0 amide bonds. The first kappa shape index (κ1) is 14.4. The van der Waals surface area contributed by atoms with E-state index in [2.05, 4.69) is 18.1 Å². The molecule has 6 heteroatoms. The minimum Gasteiger partial charge on any atom is -0.380 e. The molecule has 1 aromatic carbocycles. The molecule has 0 aliphatic rings. The second-order valence-corrected chi connectivity index (χ2v) is 6.50. The molecule has 0 atom stereocenters. The molecule has 0 unspecified atom stereocenters. The van der Waals surface area contributed by atoms with Crippen molar-refractivity contribution in [3.8, 4) is 21.8 Å². The zero-order chi connectivity index (χ0) is 15.0. The summed E-state index contributed by atoms with van der Waals surface area (Å²) in [5, 5.41) is 4.86. The van der Waals surface area contributed by atoms with Crippen molar-refractivity contribution >= 4 is 40.4 Å². The van der Waals surface area contributed by atoms with E-state index in [0.717, 1.165) is 22.4 Å². The second kappa shape index (κ2) is 5.72. The van der Waals surface area contributed by atoms with E-state index in [4.69, 9.17) is 33.5 Å². The van der Waals surface area contributed by atoms with E-state index in [1.165, 1.54) is 4.88 Å². The molecule has 21 heavy (non-hydrogen) atoms. The smallest absolute Gasteiger partial charge is 0.186 e. The summed E-state index contributed by atoms with van der Waals surface area (Å²) in [6.45, 7) is 2.12. The number of rotatable bonds is 3. The molecule has 0 fully saturated rings. The fourth-order valence-corrected chi connectivity index (χ4v) is 3.32. The molecule has 0 aliphatic heterocycles.